The molecule has 1 aliphatic carbocycles. The van der Waals surface area contributed by atoms with Crippen LogP contribution in [0.15, 0.2) is 0 Å². The monoisotopic (exact) mass is 178 g/mol. The van der Waals surface area contributed by atoms with Crippen molar-refractivity contribution in [3.05, 3.63) is 0 Å². The summed E-state index contributed by atoms with van der Waals surface area (Å²) in [7, 11) is 0. The second-order valence-electron chi connectivity index (χ2n) is 4.46. The Kier molecular flexibility index (Phi) is 4.98. The van der Waals surface area contributed by atoms with Crippen molar-refractivity contribution in [2.45, 2.75) is 58.8 Å². The number of hydrogen-bond donors (Lipinski definition) is 0. The van der Waals surface area contributed by atoms with Gasteiger partial charge in [0.15, 0.2) is 0 Å². The minimum Gasteiger partial charge on any atom is -0.107 e. The van der Waals surface area contributed by atoms with Gasteiger partial charge in [0.25, 0.3) is 0 Å². The summed E-state index contributed by atoms with van der Waals surface area (Å²) in [5.74, 6) is 8.10. The van der Waals surface area contributed by atoms with Crippen LogP contribution in [0.5, 0.6) is 0 Å². The maximum absolute atomic E-state index is 3.23. The van der Waals surface area contributed by atoms with Gasteiger partial charge in [-0.2, -0.15) is 0 Å². The van der Waals surface area contributed by atoms with Crippen LogP contribution in [0.1, 0.15) is 58.8 Å². The van der Waals surface area contributed by atoms with Crippen molar-refractivity contribution in [1.29, 1.82) is 0 Å². The quantitative estimate of drug-likeness (QED) is 0.532. The molecule has 13 heavy (non-hydrogen) atoms. The van der Waals surface area contributed by atoms with Crippen LogP contribution in [0.25, 0.3) is 0 Å². The largest absolute Gasteiger partial charge is 0.107 e. The highest BCUT2D eigenvalue weighted by atomic mass is 14.2. The van der Waals surface area contributed by atoms with E-state index in [1.807, 2.05) is 6.92 Å². The Morgan fingerprint density at radius 1 is 1.08 bits per heavy atom. The second kappa shape index (κ2) is 6.08. The molecule has 0 saturated heterocycles. The standard InChI is InChI=1S/C13H22/c1-3-4-8-13-9-6-5-7-12(2)10-11-13/h12-13H,5-11H2,1-2H3. The first-order valence-corrected chi connectivity index (χ1v) is 5.72. The molecular formula is C13H22. The molecule has 0 aromatic rings. The fraction of sp³-hybridized carbons (Fsp3) is 0.846. The van der Waals surface area contributed by atoms with Crippen LogP contribution in [0.4, 0.5) is 0 Å². The molecule has 2 atom stereocenters. The summed E-state index contributed by atoms with van der Waals surface area (Å²) in [6.07, 6.45) is 9.72. The smallest absolute Gasteiger partial charge is 0.0117 e. The van der Waals surface area contributed by atoms with E-state index >= 15 is 0 Å². The Bertz CT molecular complexity index is 182. The zero-order valence-corrected chi connectivity index (χ0v) is 9.10. The third-order valence-corrected chi connectivity index (χ3v) is 3.19. The van der Waals surface area contributed by atoms with Crippen molar-refractivity contribution in [2.24, 2.45) is 11.8 Å². The molecule has 2 unspecified atom stereocenters. The van der Waals surface area contributed by atoms with Gasteiger partial charge in [-0.1, -0.05) is 32.6 Å². The fourth-order valence-corrected chi connectivity index (χ4v) is 2.19. The van der Waals surface area contributed by atoms with Gasteiger partial charge in [0.05, 0.1) is 0 Å². The van der Waals surface area contributed by atoms with Crippen molar-refractivity contribution in [3.8, 4) is 11.8 Å². The summed E-state index contributed by atoms with van der Waals surface area (Å²) in [6, 6.07) is 0. The number of hydrogen-bond acceptors (Lipinski definition) is 0. The van der Waals surface area contributed by atoms with Gasteiger partial charge >= 0.3 is 0 Å². The van der Waals surface area contributed by atoms with Crippen LogP contribution >= 0.6 is 0 Å². The predicted octanol–water partition coefficient (Wildman–Crippen LogP) is 4.01. The Balaban J connectivity index is 2.30. The van der Waals surface area contributed by atoms with Gasteiger partial charge in [-0.05, 0) is 31.6 Å². The van der Waals surface area contributed by atoms with Crippen LogP contribution in [-0.2, 0) is 0 Å². The molecule has 0 aromatic heterocycles. The van der Waals surface area contributed by atoms with Gasteiger partial charge in [0.1, 0.15) is 0 Å². The Morgan fingerprint density at radius 3 is 2.62 bits per heavy atom. The van der Waals surface area contributed by atoms with Gasteiger partial charge in [-0.15, -0.1) is 11.8 Å². The SMILES string of the molecule is CC#CCC1CCCCC(C)CC1. The van der Waals surface area contributed by atoms with E-state index < -0.39 is 0 Å². The average Bonchev–Trinajstić information content (AvgIpc) is 2.11. The Labute approximate surface area is 83.1 Å². The average molecular weight is 178 g/mol. The van der Waals surface area contributed by atoms with E-state index in [-0.39, 0.29) is 0 Å². The summed E-state index contributed by atoms with van der Waals surface area (Å²) < 4.78 is 0. The summed E-state index contributed by atoms with van der Waals surface area (Å²) in [4.78, 5) is 0. The Morgan fingerprint density at radius 2 is 1.85 bits per heavy atom. The highest BCUT2D eigenvalue weighted by Crippen LogP contribution is 2.27. The van der Waals surface area contributed by atoms with Crippen molar-refractivity contribution < 1.29 is 0 Å². The van der Waals surface area contributed by atoms with Crippen LogP contribution < -0.4 is 0 Å². The van der Waals surface area contributed by atoms with E-state index in [0.29, 0.717) is 0 Å². The van der Waals surface area contributed by atoms with Crippen molar-refractivity contribution in [1.82, 2.24) is 0 Å². The third kappa shape index (κ3) is 4.36. The van der Waals surface area contributed by atoms with Crippen molar-refractivity contribution in [2.75, 3.05) is 0 Å². The topological polar surface area (TPSA) is 0 Å². The third-order valence-electron chi connectivity index (χ3n) is 3.19. The number of rotatable bonds is 1. The maximum atomic E-state index is 3.23. The van der Waals surface area contributed by atoms with Gasteiger partial charge < -0.3 is 0 Å². The summed E-state index contributed by atoms with van der Waals surface area (Å²) in [5, 5.41) is 0. The molecular weight excluding hydrogens is 156 g/mol. The molecule has 0 nitrogen and oxygen atoms in total. The molecule has 1 rings (SSSR count). The van der Waals surface area contributed by atoms with Crippen LogP contribution in [-0.4, -0.2) is 0 Å². The molecule has 0 heteroatoms. The van der Waals surface area contributed by atoms with E-state index in [1.165, 1.54) is 38.5 Å². The first-order valence-electron chi connectivity index (χ1n) is 5.72. The van der Waals surface area contributed by atoms with Crippen LogP contribution in [0, 0.1) is 23.7 Å². The maximum Gasteiger partial charge on any atom is 0.0117 e. The summed E-state index contributed by atoms with van der Waals surface area (Å²) >= 11 is 0. The molecule has 0 radical (unpaired) electrons. The summed E-state index contributed by atoms with van der Waals surface area (Å²) in [6.45, 7) is 4.35. The van der Waals surface area contributed by atoms with Crippen LogP contribution in [0.2, 0.25) is 0 Å². The van der Waals surface area contributed by atoms with Crippen molar-refractivity contribution in [3.63, 3.8) is 0 Å². The van der Waals surface area contributed by atoms with Gasteiger partial charge in [-0.25, -0.2) is 0 Å². The molecule has 0 spiro atoms. The molecule has 0 aliphatic heterocycles. The summed E-state index contributed by atoms with van der Waals surface area (Å²) in [5.41, 5.74) is 0. The first-order chi connectivity index (χ1) is 6.33. The van der Waals surface area contributed by atoms with Gasteiger partial charge in [0, 0.05) is 6.42 Å². The molecule has 0 amide bonds. The molecule has 0 heterocycles. The van der Waals surface area contributed by atoms with Crippen LogP contribution in [0.3, 0.4) is 0 Å². The van der Waals surface area contributed by atoms with Gasteiger partial charge in [-0.3, -0.25) is 0 Å². The first kappa shape index (κ1) is 10.6. The lowest BCUT2D eigenvalue weighted by molar-refractivity contribution is 0.330. The molecule has 0 aromatic carbocycles. The molecule has 1 aliphatic rings. The van der Waals surface area contributed by atoms with Gasteiger partial charge in [0.2, 0.25) is 0 Å². The van der Waals surface area contributed by atoms with E-state index in [1.54, 1.807) is 0 Å². The lowest BCUT2D eigenvalue weighted by Crippen LogP contribution is -2.07. The lowest BCUT2D eigenvalue weighted by Gasteiger charge is -2.21. The molecule has 1 fully saturated rings. The molecule has 1 saturated carbocycles. The highest BCUT2D eigenvalue weighted by Gasteiger charge is 2.13. The molecule has 74 valence electrons. The lowest BCUT2D eigenvalue weighted by atomic mass is 9.85. The minimum atomic E-state index is 0.898. The molecule has 0 bridgehead atoms. The minimum absolute atomic E-state index is 0.898. The van der Waals surface area contributed by atoms with E-state index in [0.717, 1.165) is 18.3 Å². The molecule has 0 N–H and O–H groups in total. The predicted molar refractivity (Wildman–Crippen MR) is 58.4 cm³/mol. The Hall–Kier alpha value is -0.440. The fourth-order valence-electron chi connectivity index (χ4n) is 2.19. The highest BCUT2D eigenvalue weighted by molar-refractivity contribution is 4.96. The van der Waals surface area contributed by atoms with Crippen molar-refractivity contribution >= 4 is 0 Å². The van der Waals surface area contributed by atoms with E-state index in [9.17, 15) is 0 Å². The second-order valence-corrected chi connectivity index (χ2v) is 4.46. The van der Waals surface area contributed by atoms with E-state index in [4.69, 9.17) is 0 Å². The van der Waals surface area contributed by atoms with E-state index in [2.05, 4.69) is 18.8 Å². The zero-order valence-electron chi connectivity index (χ0n) is 9.10. The zero-order chi connectivity index (χ0) is 9.52. The normalized spacial score (nSPS) is 29.7.